The van der Waals surface area contributed by atoms with E-state index in [0.29, 0.717) is 18.7 Å². The molecule has 6 nitrogen and oxygen atoms in total. The number of nitrogens with one attached hydrogen (secondary N) is 1. The number of likely N-dealkylation sites (tertiary alicyclic amines) is 1. The second-order valence-corrected chi connectivity index (χ2v) is 7.99. The molecule has 2 fully saturated rings. The fourth-order valence-corrected chi connectivity index (χ4v) is 3.67. The molecule has 2 aliphatic rings. The molecule has 1 aliphatic heterocycles. The number of carbonyl (C=O) groups excluding carboxylic acids is 3. The molecule has 1 saturated carbocycles. The quantitative estimate of drug-likeness (QED) is 0.684. The van der Waals surface area contributed by atoms with E-state index in [1.54, 1.807) is 17.0 Å². The van der Waals surface area contributed by atoms with Crippen molar-refractivity contribution in [3.8, 4) is 0 Å². The minimum atomic E-state index is -0.993. The second kappa shape index (κ2) is 9.11. The lowest BCUT2D eigenvalue weighted by molar-refractivity contribution is -0.160. The van der Waals surface area contributed by atoms with Gasteiger partial charge in [-0.3, -0.25) is 14.4 Å². The molecule has 1 aliphatic carbocycles. The fourth-order valence-electron chi connectivity index (χ4n) is 3.67. The molecule has 30 heavy (non-hydrogen) atoms. The van der Waals surface area contributed by atoms with Crippen LogP contribution in [0.3, 0.4) is 0 Å². The van der Waals surface area contributed by atoms with Crippen LogP contribution < -0.4 is 5.32 Å². The van der Waals surface area contributed by atoms with Gasteiger partial charge in [-0.1, -0.05) is 60.7 Å². The Morgan fingerprint density at radius 3 is 2.37 bits per heavy atom. The van der Waals surface area contributed by atoms with Gasteiger partial charge in [0.1, 0.15) is 0 Å². The molecule has 2 aromatic rings. The van der Waals surface area contributed by atoms with Crippen LogP contribution in [-0.4, -0.2) is 41.8 Å². The Kier molecular flexibility index (Phi) is 6.12. The summed E-state index contributed by atoms with van der Waals surface area (Å²) in [5.74, 6) is -1.40. The average Bonchev–Trinajstić information content (AvgIpc) is 3.51. The van der Waals surface area contributed by atoms with E-state index >= 15 is 0 Å². The Balaban J connectivity index is 1.37. The molecule has 6 heteroatoms. The van der Waals surface area contributed by atoms with Gasteiger partial charge in [0.25, 0.3) is 5.91 Å². The van der Waals surface area contributed by atoms with Crippen molar-refractivity contribution in [2.24, 2.45) is 5.92 Å². The number of ether oxygens (including phenoxy) is 1. The smallest absolute Gasteiger partial charge is 0.312 e. The van der Waals surface area contributed by atoms with Crippen LogP contribution in [0.2, 0.25) is 0 Å². The van der Waals surface area contributed by atoms with Gasteiger partial charge < -0.3 is 15.0 Å². The summed E-state index contributed by atoms with van der Waals surface area (Å²) >= 11 is 0. The maximum Gasteiger partial charge on any atom is 0.312 e. The number of esters is 1. The lowest BCUT2D eigenvalue weighted by atomic mass is 10.1. The molecule has 0 spiro atoms. The molecule has 0 bridgehead atoms. The summed E-state index contributed by atoms with van der Waals surface area (Å²) in [6.07, 6.45) is 1.78. The van der Waals surface area contributed by atoms with Crippen molar-refractivity contribution in [2.75, 3.05) is 13.1 Å². The molecule has 4 rings (SSSR count). The highest BCUT2D eigenvalue weighted by molar-refractivity contribution is 5.89. The van der Waals surface area contributed by atoms with Crippen LogP contribution in [0.25, 0.3) is 0 Å². The van der Waals surface area contributed by atoms with Gasteiger partial charge in [-0.15, -0.1) is 0 Å². The van der Waals surface area contributed by atoms with Gasteiger partial charge in [0, 0.05) is 31.1 Å². The Morgan fingerprint density at radius 2 is 1.70 bits per heavy atom. The summed E-state index contributed by atoms with van der Waals surface area (Å²) in [6.45, 7) is 0.896. The minimum absolute atomic E-state index is 0.0495. The van der Waals surface area contributed by atoms with Crippen molar-refractivity contribution >= 4 is 17.8 Å². The fraction of sp³-hybridized carbons (Fsp3) is 0.375. The minimum Gasteiger partial charge on any atom is -0.447 e. The molecule has 0 unspecified atom stereocenters. The first kappa shape index (κ1) is 20.1. The summed E-state index contributed by atoms with van der Waals surface area (Å²) in [4.78, 5) is 39.6. The predicted molar refractivity (Wildman–Crippen MR) is 111 cm³/mol. The van der Waals surface area contributed by atoms with Crippen LogP contribution >= 0.6 is 0 Å². The van der Waals surface area contributed by atoms with E-state index in [-0.39, 0.29) is 24.3 Å². The average molecular weight is 406 g/mol. The number of carbonyl (C=O) groups is 3. The van der Waals surface area contributed by atoms with E-state index in [9.17, 15) is 14.4 Å². The first-order chi connectivity index (χ1) is 14.6. The molecule has 1 saturated heterocycles. The standard InChI is InChI=1S/C24H26N2O4/c27-21-15-19(16-26(21)14-13-17-7-3-1-4-8-17)24(29)30-22(18-9-5-2-6-10-18)23(28)25-20-11-12-20/h1-10,19-20,22H,11-16H2,(H,25,28)/t19-,22-/m1/s1. The van der Waals surface area contributed by atoms with Crippen LogP contribution in [0.1, 0.15) is 36.5 Å². The highest BCUT2D eigenvalue weighted by Crippen LogP contribution is 2.26. The number of hydrogen-bond donors (Lipinski definition) is 1. The molecular weight excluding hydrogens is 380 g/mol. The van der Waals surface area contributed by atoms with E-state index in [4.69, 9.17) is 4.74 Å². The highest BCUT2D eigenvalue weighted by atomic mass is 16.5. The Hall–Kier alpha value is -3.15. The van der Waals surface area contributed by atoms with Crippen LogP contribution in [-0.2, 0) is 25.5 Å². The largest absolute Gasteiger partial charge is 0.447 e. The van der Waals surface area contributed by atoms with Crippen LogP contribution in [0.4, 0.5) is 0 Å². The third-order valence-electron chi connectivity index (χ3n) is 5.56. The summed E-state index contributed by atoms with van der Waals surface area (Å²) in [5.41, 5.74) is 1.78. The summed E-state index contributed by atoms with van der Waals surface area (Å²) in [7, 11) is 0. The van der Waals surface area contributed by atoms with Crippen molar-refractivity contribution in [2.45, 2.75) is 37.8 Å². The molecule has 156 valence electrons. The van der Waals surface area contributed by atoms with Crippen molar-refractivity contribution in [3.05, 3.63) is 71.8 Å². The molecular formula is C24H26N2O4. The van der Waals surface area contributed by atoms with Gasteiger partial charge in [-0.25, -0.2) is 0 Å². The van der Waals surface area contributed by atoms with Crippen LogP contribution in [0, 0.1) is 5.92 Å². The lowest BCUT2D eigenvalue weighted by Crippen LogP contribution is -2.35. The molecule has 0 radical (unpaired) electrons. The summed E-state index contributed by atoms with van der Waals surface area (Å²) in [6, 6.07) is 19.1. The first-order valence-electron chi connectivity index (χ1n) is 10.5. The predicted octanol–water partition coefficient (Wildman–Crippen LogP) is 2.64. The van der Waals surface area contributed by atoms with Gasteiger partial charge in [-0.05, 0) is 24.8 Å². The zero-order chi connectivity index (χ0) is 20.9. The number of amides is 2. The van der Waals surface area contributed by atoms with Crippen LogP contribution in [0.15, 0.2) is 60.7 Å². The third-order valence-corrected chi connectivity index (χ3v) is 5.56. The topological polar surface area (TPSA) is 75.7 Å². The van der Waals surface area contributed by atoms with Crippen molar-refractivity contribution < 1.29 is 19.1 Å². The summed E-state index contributed by atoms with van der Waals surface area (Å²) < 4.78 is 5.64. The van der Waals surface area contributed by atoms with Crippen molar-refractivity contribution in [1.29, 1.82) is 0 Å². The Morgan fingerprint density at radius 1 is 1.03 bits per heavy atom. The SMILES string of the molecule is O=C(O[C@@H](C(=O)NC1CC1)c1ccccc1)[C@@H]1CC(=O)N(CCc2ccccc2)C1. The van der Waals surface area contributed by atoms with E-state index in [2.05, 4.69) is 5.32 Å². The lowest BCUT2D eigenvalue weighted by Gasteiger charge is -2.20. The summed E-state index contributed by atoms with van der Waals surface area (Å²) in [5, 5.41) is 2.91. The Bertz CT molecular complexity index is 896. The molecule has 1 heterocycles. The normalized spacial score (nSPS) is 19.4. The van der Waals surface area contributed by atoms with Crippen LogP contribution in [0.5, 0.6) is 0 Å². The number of nitrogens with zero attached hydrogens (tertiary/aromatic N) is 1. The molecule has 2 amide bonds. The molecule has 2 aromatic carbocycles. The first-order valence-corrected chi connectivity index (χ1v) is 10.5. The highest BCUT2D eigenvalue weighted by Gasteiger charge is 2.38. The van der Waals surface area contributed by atoms with E-state index in [1.807, 2.05) is 48.5 Å². The zero-order valence-corrected chi connectivity index (χ0v) is 16.8. The van der Waals surface area contributed by atoms with Crippen molar-refractivity contribution in [3.63, 3.8) is 0 Å². The molecule has 0 aromatic heterocycles. The monoisotopic (exact) mass is 406 g/mol. The maximum atomic E-state index is 12.8. The second-order valence-electron chi connectivity index (χ2n) is 7.99. The van der Waals surface area contributed by atoms with E-state index in [1.165, 1.54) is 0 Å². The van der Waals surface area contributed by atoms with Gasteiger partial charge in [-0.2, -0.15) is 0 Å². The van der Waals surface area contributed by atoms with Crippen molar-refractivity contribution in [1.82, 2.24) is 10.2 Å². The number of hydrogen-bond acceptors (Lipinski definition) is 4. The number of rotatable bonds is 8. The van der Waals surface area contributed by atoms with E-state index < -0.39 is 18.0 Å². The van der Waals surface area contributed by atoms with Gasteiger partial charge in [0.2, 0.25) is 12.0 Å². The van der Waals surface area contributed by atoms with Gasteiger partial charge in [0.15, 0.2) is 0 Å². The number of benzene rings is 2. The molecule has 1 N–H and O–H groups in total. The van der Waals surface area contributed by atoms with E-state index in [0.717, 1.165) is 24.8 Å². The molecule has 2 atom stereocenters. The van der Waals surface area contributed by atoms with Gasteiger partial charge >= 0.3 is 5.97 Å². The van der Waals surface area contributed by atoms with Gasteiger partial charge in [0.05, 0.1) is 5.92 Å². The maximum absolute atomic E-state index is 12.8. The zero-order valence-electron chi connectivity index (χ0n) is 16.8. The third kappa shape index (κ3) is 5.06. The Labute approximate surface area is 176 Å².